The van der Waals surface area contributed by atoms with Crippen LogP contribution in [0, 0.1) is 6.92 Å². The Hall–Kier alpha value is -2.68. The molecule has 8 heteroatoms. The molecule has 6 nitrogen and oxygen atoms in total. The average molecular weight is 485 g/mol. The lowest BCUT2D eigenvalue weighted by Gasteiger charge is -2.37. The van der Waals surface area contributed by atoms with Crippen LogP contribution in [0.15, 0.2) is 53.2 Å². The summed E-state index contributed by atoms with van der Waals surface area (Å²) in [4.78, 5) is 31.9. The van der Waals surface area contributed by atoms with Crippen LogP contribution in [-0.4, -0.2) is 61.6 Å². The molecule has 0 fully saturated rings. The molecule has 0 bridgehead atoms. The summed E-state index contributed by atoms with van der Waals surface area (Å²) >= 11 is 3.10. The number of carbonyl (C=O) groups is 2. The average Bonchev–Trinajstić information content (AvgIpc) is 3.52. The number of amides is 2. The molecule has 0 saturated carbocycles. The Morgan fingerprint density at radius 3 is 2.73 bits per heavy atom. The second-order valence-electron chi connectivity index (χ2n) is 7.93. The maximum absolute atomic E-state index is 13.5. The van der Waals surface area contributed by atoms with Gasteiger partial charge in [-0.05, 0) is 53.4 Å². The summed E-state index contributed by atoms with van der Waals surface area (Å²) < 4.78 is 11.4. The summed E-state index contributed by atoms with van der Waals surface area (Å²) in [6.45, 7) is 3.75. The number of fused-ring (bicyclic) bond motifs is 1. The van der Waals surface area contributed by atoms with E-state index in [0.29, 0.717) is 31.2 Å². The molecule has 33 heavy (non-hydrogen) atoms. The molecule has 0 radical (unpaired) electrons. The van der Waals surface area contributed by atoms with Crippen molar-refractivity contribution in [3.8, 4) is 5.75 Å². The summed E-state index contributed by atoms with van der Waals surface area (Å²) in [6, 6.07) is 13.4. The number of hydrogen-bond donors (Lipinski definition) is 0. The molecule has 3 aromatic rings. The van der Waals surface area contributed by atoms with Gasteiger partial charge in [-0.15, -0.1) is 22.7 Å². The highest BCUT2D eigenvalue weighted by atomic mass is 32.1. The van der Waals surface area contributed by atoms with Crippen molar-refractivity contribution in [2.24, 2.45) is 0 Å². The van der Waals surface area contributed by atoms with E-state index >= 15 is 0 Å². The van der Waals surface area contributed by atoms with Crippen LogP contribution in [0.25, 0.3) is 0 Å². The Labute approximate surface area is 202 Å². The lowest BCUT2D eigenvalue weighted by Crippen LogP contribution is -2.48. The predicted octanol–water partition coefficient (Wildman–Crippen LogP) is 4.41. The molecule has 4 rings (SSSR count). The third kappa shape index (κ3) is 5.46. The topological polar surface area (TPSA) is 59.1 Å². The molecule has 2 amide bonds. The Kier molecular flexibility index (Phi) is 7.80. The van der Waals surface area contributed by atoms with Crippen molar-refractivity contribution < 1.29 is 19.1 Å². The minimum absolute atomic E-state index is 0.0143. The van der Waals surface area contributed by atoms with Crippen LogP contribution in [0.4, 0.5) is 0 Å². The molecule has 1 aliphatic heterocycles. The largest absolute Gasteiger partial charge is 0.491 e. The zero-order chi connectivity index (χ0) is 23.2. The first kappa shape index (κ1) is 23.5. The van der Waals surface area contributed by atoms with Gasteiger partial charge in [0.05, 0.1) is 17.5 Å². The van der Waals surface area contributed by atoms with Crippen molar-refractivity contribution >= 4 is 34.5 Å². The van der Waals surface area contributed by atoms with Crippen LogP contribution in [0.2, 0.25) is 0 Å². The van der Waals surface area contributed by atoms with Crippen LogP contribution < -0.4 is 4.74 Å². The molecule has 0 spiro atoms. The minimum atomic E-state index is -0.187. The van der Waals surface area contributed by atoms with Crippen molar-refractivity contribution in [1.82, 2.24) is 9.80 Å². The zero-order valence-electron chi connectivity index (χ0n) is 18.9. The van der Waals surface area contributed by atoms with Gasteiger partial charge in [0.2, 0.25) is 5.91 Å². The fourth-order valence-electron chi connectivity index (χ4n) is 4.03. The molecule has 0 unspecified atom stereocenters. The molecular formula is C25H28N2O4S2. The smallest absolute Gasteiger partial charge is 0.264 e. The SMILES string of the molecule is COCCN(CC(=O)N1CCc2sccc2[C@@H]1COc1ccccc1C)C(=O)c1cccs1. The van der Waals surface area contributed by atoms with E-state index in [9.17, 15) is 9.59 Å². The minimum Gasteiger partial charge on any atom is -0.491 e. The number of aryl methyl sites for hydroxylation is 1. The van der Waals surface area contributed by atoms with Crippen LogP contribution in [0.1, 0.15) is 31.7 Å². The molecule has 0 aliphatic carbocycles. The Morgan fingerprint density at radius 1 is 1.12 bits per heavy atom. The fourth-order valence-corrected chi connectivity index (χ4v) is 5.64. The monoisotopic (exact) mass is 484 g/mol. The Bertz CT molecular complexity index is 1080. The highest BCUT2D eigenvalue weighted by Gasteiger charge is 2.33. The zero-order valence-corrected chi connectivity index (χ0v) is 20.5. The van der Waals surface area contributed by atoms with Crippen LogP contribution in [-0.2, 0) is 16.0 Å². The lowest BCUT2D eigenvalue weighted by molar-refractivity contribution is -0.135. The summed E-state index contributed by atoms with van der Waals surface area (Å²) in [5.74, 6) is 0.601. The second kappa shape index (κ2) is 11.0. The molecule has 0 saturated heterocycles. The van der Waals surface area contributed by atoms with Gasteiger partial charge in [-0.3, -0.25) is 9.59 Å². The summed E-state index contributed by atoms with van der Waals surface area (Å²) in [6.07, 6.45) is 0.816. The van der Waals surface area contributed by atoms with Crippen LogP contribution >= 0.6 is 22.7 Å². The van der Waals surface area contributed by atoms with Crippen molar-refractivity contribution in [2.75, 3.05) is 40.0 Å². The third-order valence-electron chi connectivity index (χ3n) is 5.82. The number of hydrogen-bond acceptors (Lipinski definition) is 6. The molecule has 1 atom stereocenters. The summed E-state index contributed by atoms with van der Waals surface area (Å²) in [7, 11) is 1.59. The molecule has 3 heterocycles. The highest BCUT2D eigenvalue weighted by Crippen LogP contribution is 2.34. The van der Waals surface area contributed by atoms with Crippen molar-refractivity contribution in [3.63, 3.8) is 0 Å². The summed E-state index contributed by atoms with van der Waals surface area (Å²) in [5, 5.41) is 3.94. The van der Waals surface area contributed by atoms with Gasteiger partial charge in [0.15, 0.2) is 0 Å². The maximum atomic E-state index is 13.5. The van der Waals surface area contributed by atoms with Gasteiger partial charge < -0.3 is 19.3 Å². The van der Waals surface area contributed by atoms with Gasteiger partial charge in [0, 0.05) is 25.1 Å². The van der Waals surface area contributed by atoms with E-state index in [2.05, 4.69) is 11.4 Å². The number of carbonyl (C=O) groups excluding carboxylic acids is 2. The molecule has 0 N–H and O–H groups in total. The molecule has 2 aromatic heterocycles. The van der Waals surface area contributed by atoms with Gasteiger partial charge in [0.1, 0.15) is 18.9 Å². The van der Waals surface area contributed by atoms with E-state index in [1.165, 1.54) is 16.2 Å². The van der Waals surface area contributed by atoms with Gasteiger partial charge in [-0.1, -0.05) is 24.3 Å². The Morgan fingerprint density at radius 2 is 1.97 bits per heavy atom. The first-order chi connectivity index (χ1) is 16.1. The molecule has 1 aliphatic rings. The van der Waals surface area contributed by atoms with E-state index in [-0.39, 0.29) is 24.4 Å². The van der Waals surface area contributed by atoms with E-state index in [0.717, 1.165) is 23.3 Å². The Balaban J connectivity index is 1.52. The molecular weight excluding hydrogens is 456 g/mol. The van der Waals surface area contributed by atoms with E-state index in [1.807, 2.05) is 47.5 Å². The number of rotatable bonds is 9. The van der Waals surface area contributed by atoms with E-state index in [1.54, 1.807) is 29.4 Å². The standard InChI is InChI=1S/C25H28N2O4S2/c1-18-6-3-4-7-21(18)31-17-20-19-10-15-33-22(19)9-11-27(20)24(28)16-26(12-13-30-2)25(29)23-8-5-14-32-23/h3-8,10,14-15,20H,9,11-13,16-17H2,1-2H3/t20-/m0/s1. The van der Waals surface area contributed by atoms with Crippen molar-refractivity contribution in [1.29, 1.82) is 0 Å². The highest BCUT2D eigenvalue weighted by molar-refractivity contribution is 7.12. The third-order valence-corrected chi connectivity index (χ3v) is 7.67. The predicted molar refractivity (Wildman–Crippen MR) is 131 cm³/mol. The quantitative estimate of drug-likeness (QED) is 0.451. The number of methoxy groups -OCH3 is 1. The number of para-hydroxylation sites is 1. The van der Waals surface area contributed by atoms with Gasteiger partial charge in [-0.25, -0.2) is 0 Å². The molecule has 174 valence electrons. The van der Waals surface area contributed by atoms with Gasteiger partial charge in [-0.2, -0.15) is 0 Å². The number of ether oxygens (including phenoxy) is 2. The van der Waals surface area contributed by atoms with Crippen molar-refractivity contribution in [3.05, 3.63) is 74.1 Å². The van der Waals surface area contributed by atoms with E-state index in [4.69, 9.17) is 9.47 Å². The first-order valence-corrected chi connectivity index (χ1v) is 12.7. The second-order valence-corrected chi connectivity index (χ2v) is 9.87. The number of thiophene rings is 2. The number of nitrogens with zero attached hydrogens (tertiary/aromatic N) is 2. The van der Waals surface area contributed by atoms with Crippen LogP contribution in [0.3, 0.4) is 0 Å². The van der Waals surface area contributed by atoms with Crippen molar-refractivity contribution in [2.45, 2.75) is 19.4 Å². The van der Waals surface area contributed by atoms with E-state index < -0.39 is 0 Å². The summed E-state index contributed by atoms with van der Waals surface area (Å²) in [5.41, 5.74) is 2.20. The normalized spacial score (nSPS) is 15.2. The first-order valence-electron chi connectivity index (χ1n) is 10.9. The van der Waals surface area contributed by atoms with Crippen LogP contribution in [0.5, 0.6) is 5.75 Å². The lowest BCUT2D eigenvalue weighted by atomic mass is 10.0. The number of benzene rings is 1. The maximum Gasteiger partial charge on any atom is 0.264 e. The fraction of sp³-hybridized carbons (Fsp3) is 0.360. The molecule has 1 aromatic carbocycles. The van der Waals surface area contributed by atoms with Gasteiger partial charge in [0.25, 0.3) is 5.91 Å². The van der Waals surface area contributed by atoms with Gasteiger partial charge >= 0.3 is 0 Å².